The second-order valence-corrected chi connectivity index (χ2v) is 9.70. The third-order valence-corrected chi connectivity index (χ3v) is 8.33. The molecule has 0 aliphatic heterocycles. The molecular weight excluding hydrogens is 340 g/mol. The van der Waals surface area contributed by atoms with Gasteiger partial charge in [-0.1, -0.05) is 43.3 Å². The zero-order chi connectivity index (χ0) is 19.3. The van der Waals surface area contributed by atoms with Gasteiger partial charge in [0, 0.05) is 16.8 Å². The summed E-state index contributed by atoms with van der Waals surface area (Å²) in [5.41, 5.74) is 12.6. The summed E-state index contributed by atoms with van der Waals surface area (Å²) in [4.78, 5) is 0. The SMILES string of the molecule is C[C@]12CCC3c4ccc(N)cc4CCC3C1CC(CCc1ccccc1)C2=N. The Hall–Kier alpha value is -2.09. The van der Waals surface area contributed by atoms with Crippen molar-refractivity contribution in [2.75, 3.05) is 5.73 Å². The van der Waals surface area contributed by atoms with Crippen LogP contribution in [0.2, 0.25) is 0 Å². The first kappa shape index (κ1) is 18.0. The van der Waals surface area contributed by atoms with E-state index in [1.165, 1.54) is 36.8 Å². The van der Waals surface area contributed by atoms with Gasteiger partial charge in [-0.2, -0.15) is 0 Å². The van der Waals surface area contributed by atoms with Gasteiger partial charge >= 0.3 is 0 Å². The van der Waals surface area contributed by atoms with Crippen molar-refractivity contribution in [3.63, 3.8) is 0 Å². The summed E-state index contributed by atoms with van der Waals surface area (Å²) in [6.07, 6.45) is 8.34. The predicted octanol–water partition coefficient (Wildman–Crippen LogP) is 6.00. The summed E-state index contributed by atoms with van der Waals surface area (Å²) >= 11 is 0. The summed E-state index contributed by atoms with van der Waals surface area (Å²) in [5.74, 6) is 2.59. The summed E-state index contributed by atoms with van der Waals surface area (Å²) < 4.78 is 0. The smallest absolute Gasteiger partial charge is 0.0316 e. The number of hydrogen-bond donors (Lipinski definition) is 2. The van der Waals surface area contributed by atoms with Gasteiger partial charge in [0.15, 0.2) is 0 Å². The summed E-state index contributed by atoms with van der Waals surface area (Å²) in [7, 11) is 0. The lowest BCUT2D eigenvalue weighted by atomic mass is 9.55. The minimum Gasteiger partial charge on any atom is -0.399 e. The first-order valence-corrected chi connectivity index (χ1v) is 11.1. The monoisotopic (exact) mass is 372 g/mol. The Morgan fingerprint density at radius 1 is 1.11 bits per heavy atom. The lowest BCUT2D eigenvalue weighted by Gasteiger charge is -2.49. The molecule has 2 aromatic carbocycles. The number of nitrogens with two attached hydrogens (primary N) is 1. The van der Waals surface area contributed by atoms with E-state index in [4.69, 9.17) is 11.1 Å². The van der Waals surface area contributed by atoms with Crippen LogP contribution in [0.15, 0.2) is 48.5 Å². The van der Waals surface area contributed by atoms with E-state index in [9.17, 15) is 0 Å². The van der Waals surface area contributed by atoms with Gasteiger partial charge in [-0.05, 0) is 97.4 Å². The molecule has 3 aliphatic rings. The normalized spacial score (nSPS) is 33.8. The molecule has 5 rings (SSSR count). The molecule has 0 aromatic heterocycles. The van der Waals surface area contributed by atoms with Crippen LogP contribution in [0.4, 0.5) is 5.69 Å². The Morgan fingerprint density at radius 2 is 1.93 bits per heavy atom. The molecule has 5 atom stereocenters. The predicted molar refractivity (Wildman–Crippen MR) is 117 cm³/mol. The average molecular weight is 373 g/mol. The summed E-state index contributed by atoms with van der Waals surface area (Å²) in [6.45, 7) is 2.41. The number of benzene rings is 2. The molecule has 146 valence electrons. The molecule has 0 heterocycles. The van der Waals surface area contributed by atoms with Crippen LogP contribution in [0.1, 0.15) is 61.6 Å². The van der Waals surface area contributed by atoms with Crippen molar-refractivity contribution in [2.24, 2.45) is 23.2 Å². The highest BCUT2D eigenvalue weighted by molar-refractivity contribution is 5.92. The molecule has 2 fully saturated rings. The molecule has 0 spiro atoms. The Morgan fingerprint density at radius 3 is 2.75 bits per heavy atom. The van der Waals surface area contributed by atoms with E-state index in [1.54, 1.807) is 5.56 Å². The second kappa shape index (κ2) is 6.76. The number of anilines is 1. The molecule has 3 aliphatic carbocycles. The first-order valence-electron chi connectivity index (χ1n) is 11.1. The number of aryl methyl sites for hydroxylation is 2. The van der Waals surface area contributed by atoms with E-state index in [1.807, 2.05) is 0 Å². The van der Waals surface area contributed by atoms with Crippen molar-refractivity contribution in [3.8, 4) is 0 Å². The van der Waals surface area contributed by atoms with E-state index < -0.39 is 0 Å². The number of hydrogen-bond acceptors (Lipinski definition) is 2. The van der Waals surface area contributed by atoms with Gasteiger partial charge in [0.05, 0.1) is 0 Å². The number of fused-ring (bicyclic) bond motifs is 5. The van der Waals surface area contributed by atoms with Crippen LogP contribution in [0.25, 0.3) is 0 Å². The van der Waals surface area contributed by atoms with Gasteiger partial charge in [-0.25, -0.2) is 0 Å². The van der Waals surface area contributed by atoms with Crippen LogP contribution in [0.3, 0.4) is 0 Å². The molecule has 2 heteroatoms. The third kappa shape index (κ3) is 2.80. The molecule has 0 saturated heterocycles. The highest BCUT2D eigenvalue weighted by Gasteiger charge is 2.55. The van der Waals surface area contributed by atoms with Crippen LogP contribution in [-0.4, -0.2) is 5.71 Å². The van der Waals surface area contributed by atoms with Crippen LogP contribution >= 0.6 is 0 Å². The molecule has 0 radical (unpaired) electrons. The lowest BCUT2D eigenvalue weighted by molar-refractivity contribution is 0.0926. The van der Waals surface area contributed by atoms with Crippen LogP contribution in [0.5, 0.6) is 0 Å². The zero-order valence-corrected chi connectivity index (χ0v) is 17.0. The zero-order valence-electron chi connectivity index (χ0n) is 17.0. The third-order valence-electron chi connectivity index (χ3n) is 8.33. The quantitative estimate of drug-likeness (QED) is 0.637. The van der Waals surface area contributed by atoms with Crippen LogP contribution in [0, 0.1) is 28.6 Å². The van der Waals surface area contributed by atoms with E-state index in [-0.39, 0.29) is 5.41 Å². The first-order chi connectivity index (χ1) is 13.6. The standard InChI is InChI=1S/C26H32N2/c1-26-14-13-22-21-12-10-20(27)15-18(21)9-11-23(22)24(26)16-19(25(26)28)8-7-17-5-3-2-4-6-17/h2-6,10,12,15,19,22-24,28H,7-9,11,13-14,16,27H2,1H3/t19?,22?,23?,24?,26-/m0/s1. The maximum atomic E-state index is 9.06. The van der Waals surface area contributed by atoms with Crippen molar-refractivity contribution in [1.82, 2.24) is 0 Å². The van der Waals surface area contributed by atoms with Gasteiger partial charge in [0.1, 0.15) is 0 Å². The minimum atomic E-state index is 0.133. The maximum absolute atomic E-state index is 9.06. The highest BCUT2D eigenvalue weighted by atomic mass is 14.7. The molecule has 2 aromatic rings. The molecule has 2 saturated carbocycles. The largest absolute Gasteiger partial charge is 0.399 e. The van der Waals surface area contributed by atoms with Crippen molar-refractivity contribution in [3.05, 3.63) is 65.2 Å². The highest BCUT2D eigenvalue weighted by Crippen LogP contribution is 2.61. The number of rotatable bonds is 3. The molecule has 3 N–H and O–H groups in total. The molecular formula is C26H32N2. The van der Waals surface area contributed by atoms with E-state index in [0.717, 1.165) is 36.6 Å². The Balaban J connectivity index is 1.37. The van der Waals surface area contributed by atoms with E-state index >= 15 is 0 Å². The van der Waals surface area contributed by atoms with Gasteiger partial charge in [0.2, 0.25) is 0 Å². The fourth-order valence-corrected chi connectivity index (χ4v) is 6.83. The Bertz CT molecular complexity index is 887. The Labute approximate surface area is 169 Å². The molecule has 4 unspecified atom stereocenters. The number of nitrogen functional groups attached to an aromatic ring is 1. The summed E-state index contributed by atoms with van der Waals surface area (Å²) in [6, 6.07) is 17.4. The average Bonchev–Trinajstić information content (AvgIpc) is 2.97. The Kier molecular flexibility index (Phi) is 4.34. The van der Waals surface area contributed by atoms with E-state index in [2.05, 4.69) is 55.5 Å². The van der Waals surface area contributed by atoms with Gasteiger partial charge in [-0.3, -0.25) is 0 Å². The molecule has 0 bridgehead atoms. The van der Waals surface area contributed by atoms with Crippen LogP contribution in [-0.2, 0) is 12.8 Å². The van der Waals surface area contributed by atoms with E-state index in [0.29, 0.717) is 17.8 Å². The van der Waals surface area contributed by atoms with Crippen molar-refractivity contribution in [2.45, 2.75) is 57.8 Å². The lowest BCUT2D eigenvalue weighted by Crippen LogP contribution is -2.42. The topological polar surface area (TPSA) is 49.9 Å². The molecule has 2 nitrogen and oxygen atoms in total. The minimum absolute atomic E-state index is 0.133. The summed E-state index contributed by atoms with van der Waals surface area (Å²) in [5, 5.41) is 9.06. The molecule has 0 amide bonds. The fraction of sp³-hybridized carbons (Fsp3) is 0.500. The second-order valence-electron chi connectivity index (χ2n) is 9.70. The van der Waals surface area contributed by atoms with Gasteiger partial charge < -0.3 is 11.1 Å². The van der Waals surface area contributed by atoms with Crippen molar-refractivity contribution >= 4 is 11.4 Å². The number of nitrogens with one attached hydrogen (secondary N) is 1. The van der Waals surface area contributed by atoms with Crippen molar-refractivity contribution < 1.29 is 0 Å². The van der Waals surface area contributed by atoms with Crippen LogP contribution < -0.4 is 5.73 Å². The maximum Gasteiger partial charge on any atom is 0.0316 e. The van der Waals surface area contributed by atoms with Gasteiger partial charge in [-0.15, -0.1) is 0 Å². The fourth-order valence-electron chi connectivity index (χ4n) is 6.83. The van der Waals surface area contributed by atoms with Gasteiger partial charge in [0.25, 0.3) is 0 Å². The van der Waals surface area contributed by atoms with Crippen molar-refractivity contribution in [1.29, 1.82) is 5.41 Å². The molecule has 28 heavy (non-hydrogen) atoms.